The number of nitrogens with one attached hydrogen (secondary N) is 1. The molecule has 1 amide bonds. The molecular weight excluding hydrogens is 366 g/mol. The highest BCUT2D eigenvalue weighted by atomic mass is 19.4. The lowest BCUT2D eigenvalue weighted by atomic mass is 10.2. The van der Waals surface area contributed by atoms with Gasteiger partial charge in [-0.15, -0.1) is 0 Å². The van der Waals surface area contributed by atoms with Gasteiger partial charge in [-0.05, 0) is 30.3 Å². The van der Waals surface area contributed by atoms with Gasteiger partial charge in [-0.25, -0.2) is 9.37 Å². The summed E-state index contributed by atoms with van der Waals surface area (Å²) in [5.41, 5.74) is 1.23. The predicted molar refractivity (Wildman–Crippen MR) is 89.8 cm³/mol. The summed E-state index contributed by atoms with van der Waals surface area (Å²) in [5, 5.41) is 3.35. The summed E-state index contributed by atoms with van der Waals surface area (Å²) >= 11 is 0. The maximum atomic E-state index is 13.4. The second kappa shape index (κ2) is 7.26. The maximum absolute atomic E-state index is 13.4. The van der Waals surface area contributed by atoms with E-state index >= 15 is 0 Å². The molecule has 0 bridgehead atoms. The van der Waals surface area contributed by atoms with Crippen LogP contribution in [0.15, 0.2) is 42.5 Å². The van der Waals surface area contributed by atoms with Gasteiger partial charge in [0.15, 0.2) is 6.61 Å². The molecule has 0 atom stereocenters. The number of carbonyl (C=O) groups excluding carboxylic acids is 1. The fourth-order valence-corrected chi connectivity index (χ4v) is 2.57. The molecule has 3 aromatic rings. The Bertz CT molecular complexity index is 982. The van der Waals surface area contributed by atoms with Crippen LogP contribution in [0.1, 0.15) is 16.2 Å². The van der Waals surface area contributed by atoms with Gasteiger partial charge in [-0.2, -0.15) is 13.2 Å². The molecule has 2 aromatic heterocycles. The third-order valence-corrected chi connectivity index (χ3v) is 3.84. The summed E-state index contributed by atoms with van der Waals surface area (Å²) in [6.45, 7) is -1.44. The summed E-state index contributed by atoms with van der Waals surface area (Å²) in [6, 6.07) is 10.2. The van der Waals surface area contributed by atoms with Crippen molar-refractivity contribution in [2.75, 3.05) is 6.61 Å². The zero-order chi connectivity index (χ0) is 19.6. The van der Waals surface area contributed by atoms with Gasteiger partial charge in [0.2, 0.25) is 5.88 Å². The zero-order valence-corrected chi connectivity index (χ0v) is 14.2. The van der Waals surface area contributed by atoms with Gasteiger partial charge in [-0.3, -0.25) is 4.79 Å². The summed E-state index contributed by atoms with van der Waals surface area (Å²) in [4.78, 5) is 16.3. The average Bonchev–Trinajstić information content (AvgIpc) is 2.94. The van der Waals surface area contributed by atoms with E-state index in [2.05, 4.69) is 15.0 Å². The van der Waals surface area contributed by atoms with Crippen molar-refractivity contribution in [1.82, 2.24) is 14.9 Å². The lowest BCUT2D eigenvalue weighted by molar-refractivity contribution is -0.154. The number of aryl methyl sites for hydroxylation is 1. The van der Waals surface area contributed by atoms with Crippen molar-refractivity contribution in [3.63, 3.8) is 0 Å². The molecule has 0 saturated heterocycles. The highest BCUT2D eigenvalue weighted by Crippen LogP contribution is 2.20. The summed E-state index contributed by atoms with van der Waals surface area (Å²) < 4.78 is 56.1. The minimum absolute atomic E-state index is 0.00205. The standard InChI is InChI=1S/C18H15F4N3O2/c1-25-14-8-12(19)6-5-11(14)7-15(25)17(26)23-9-13-3-2-4-16(24-13)27-10-18(20,21)22/h2-8H,9-10H2,1H3,(H,23,26). The molecule has 0 saturated carbocycles. The zero-order valence-electron chi connectivity index (χ0n) is 14.2. The molecule has 5 nitrogen and oxygen atoms in total. The molecule has 0 fully saturated rings. The molecule has 2 heterocycles. The highest BCUT2D eigenvalue weighted by molar-refractivity contribution is 5.98. The molecule has 0 aliphatic rings. The average molecular weight is 381 g/mol. The van der Waals surface area contributed by atoms with Crippen molar-refractivity contribution < 1.29 is 27.1 Å². The summed E-state index contributed by atoms with van der Waals surface area (Å²) in [6.07, 6.45) is -4.46. The van der Waals surface area contributed by atoms with E-state index in [9.17, 15) is 22.4 Å². The lowest BCUT2D eigenvalue weighted by Crippen LogP contribution is -2.25. The van der Waals surface area contributed by atoms with Crippen molar-refractivity contribution >= 4 is 16.8 Å². The van der Waals surface area contributed by atoms with Crippen molar-refractivity contribution in [3.8, 4) is 5.88 Å². The van der Waals surface area contributed by atoms with E-state index in [4.69, 9.17) is 0 Å². The second-order valence-electron chi connectivity index (χ2n) is 5.85. The molecule has 9 heteroatoms. The number of fused-ring (bicyclic) bond motifs is 1. The first-order valence-corrected chi connectivity index (χ1v) is 7.91. The van der Waals surface area contributed by atoms with E-state index in [1.165, 1.54) is 24.3 Å². The van der Waals surface area contributed by atoms with Crippen LogP contribution in [-0.4, -0.2) is 28.2 Å². The van der Waals surface area contributed by atoms with Crippen LogP contribution in [0, 0.1) is 5.82 Å². The van der Waals surface area contributed by atoms with Crippen molar-refractivity contribution in [2.45, 2.75) is 12.7 Å². The molecule has 1 aromatic carbocycles. The van der Waals surface area contributed by atoms with Crippen LogP contribution in [0.4, 0.5) is 17.6 Å². The monoisotopic (exact) mass is 381 g/mol. The molecule has 0 spiro atoms. The van der Waals surface area contributed by atoms with Crippen LogP contribution in [-0.2, 0) is 13.6 Å². The summed E-state index contributed by atoms with van der Waals surface area (Å²) in [7, 11) is 1.64. The Kier molecular flexibility index (Phi) is 5.02. The van der Waals surface area contributed by atoms with Crippen molar-refractivity contribution in [1.29, 1.82) is 0 Å². The van der Waals surface area contributed by atoms with Gasteiger partial charge < -0.3 is 14.6 Å². The van der Waals surface area contributed by atoms with E-state index in [0.717, 1.165) is 0 Å². The molecule has 0 aliphatic heterocycles. The number of aromatic nitrogens is 2. The molecule has 142 valence electrons. The van der Waals surface area contributed by atoms with E-state index in [0.29, 0.717) is 22.3 Å². The van der Waals surface area contributed by atoms with Gasteiger partial charge in [0, 0.05) is 18.5 Å². The molecule has 0 radical (unpaired) electrons. The highest BCUT2D eigenvalue weighted by Gasteiger charge is 2.28. The quantitative estimate of drug-likeness (QED) is 0.688. The van der Waals surface area contributed by atoms with Gasteiger partial charge >= 0.3 is 6.18 Å². The van der Waals surface area contributed by atoms with Crippen LogP contribution in [0.5, 0.6) is 5.88 Å². The van der Waals surface area contributed by atoms with Gasteiger partial charge in [0.05, 0.1) is 17.8 Å². The minimum atomic E-state index is -4.46. The van der Waals surface area contributed by atoms with Gasteiger partial charge in [0.25, 0.3) is 5.91 Å². The number of alkyl halides is 3. The molecule has 1 N–H and O–H groups in total. The Morgan fingerprint density at radius 2 is 2.00 bits per heavy atom. The fraction of sp³-hybridized carbons (Fsp3) is 0.222. The predicted octanol–water partition coefficient (Wildman–Crippen LogP) is 3.58. The third kappa shape index (κ3) is 4.55. The number of hydrogen-bond donors (Lipinski definition) is 1. The molecule has 0 unspecified atom stereocenters. The Hall–Kier alpha value is -3.10. The summed E-state index contributed by atoms with van der Waals surface area (Å²) in [5.74, 6) is -1.01. The first-order chi connectivity index (χ1) is 12.7. The number of benzene rings is 1. The van der Waals surface area contributed by atoms with Crippen LogP contribution in [0.2, 0.25) is 0 Å². The number of rotatable bonds is 5. The molecular formula is C18H15F4N3O2. The van der Waals surface area contributed by atoms with Crippen LogP contribution >= 0.6 is 0 Å². The van der Waals surface area contributed by atoms with Crippen LogP contribution in [0.25, 0.3) is 10.9 Å². The lowest BCUT2D eigenvalue weighted by Gasteiger charge is -2.10. The molecule has 27 heavy (non-hydrogen) atoms. The largest absolute Gasteiger partial charge is 0.468 e. The Morgan fingerprint density at radius 1 is 1.22 bits per heavy atom. The van der Waals surface area contributed by atoms with E-state index in [-0.39, 0.29) is 12.4 Å². The number of nitrogens with zero attached hydrogens (tertiary/aromatic N) is 2. The van der Waals surface area contributed by atoms with E-state index in [1.807, 2.05) is 0 Å². The van der Waals surface area contributed by atoms with Crippen molar-refractivity contribution in [2.24, 2.45) is 7.05 Å². The number of carbonyl (C=O) groups is 1. The number of hydrogen-bond acceptors (Lipinski definition) is 3. The van der Waals surface area contributed by atoms with E-state index < -0.39 is 24.5 Å². The van der Waals surface area contributed by atoms with Gasteiger partial charge in [-0.1, -0.05) is 6.07 Å². The topological polar surface area (TPSA) is 56.2 Å². The fourth-order valence-electron chi connectivity index (χ4n) is 2.57. The van der Waals surface area contributed by atoms with Gasteiger partial charge in [0.1, 0.15) is 11.5 Å². The number of ether oxygens (including phenoxy) is 1. The number of amides is 1. The minimum Gasteiger partial charge on any atom is -0.468 e. The van der Waals surface area contributed by atoms with Crippen LogP contribution < -0.4 is 10.1 Å². The first kappa shape index (κ1) is 18.7. The van der Waals surface area contributed by atoms with Crippen LogP contribution in [0.3, 0.4) is 0 Å². The number of halogens is 4. The first-order valence-electron chi connectivity index (χ1n) is 7.91. The SMILES string of the molecule is Cn1c(C(=O)NCc2cccc(OCC(F)(F)F)n2)cc2ccc(F)cc21. The molecule has 0 aliphatic carbocycles. The third-order valence-electron chi connectivity index (χ3n) is 3.84. The second-order valence-corrected chi connectivity index (χ2v) is 5.85. The smallest absolute Gasteiger partial charge is 0.422 e. The maximum Gasteiger partial charge on any atom is 0.422 e. The number of pyridine rings is 1. The van der Waals surface area contributed by atoms with E-state index in [1.54, 1.807) is 29.8 Å². The Morgan fingerprint density at radius 3 is 2.74 bits per heavy atom. The Balaban J connectivity index is 1.68. The normalized spacial score (nSPS) is 11.6. The van der Waals surface area contributed by atoms with Crippen molar-refractivity contribution in [3.05, 3.63) is 59.7 Å². The molecule has 3 rings (SSSR count). The Labute approximate surface area is 151 Å².